The molecule has 0 atom stereocenters. The van der Waals surface area contributed by atoms with Crippen LogP contribution in [0.4, 0.5) is 0 Å². The maximum atomic E-state index is 12.2. The fourth-order valence-corrected chi connectivity index (χ4v) is 3.79. The standard InChI is InChI=1S/C14H20O4S/c1-10-3-8-14(11(2)9-10)19(16,17)18-13-6-4-12(15)5-7-13/h3,8-9,12-13,15H,4-7H2,1-2H3. The molecule has 1 saturated carbocycles. The van der Waals surface area contributed by atoms with E-state index < -0.39 is 10.1 Å². The van der Waals surface area contributed by atoms with E-state index in [9.17, 15) is 13.5 Å². The Hall–Kier alpha value is -0.910. The molecule has 0 aromatic heterocycles. The molecule has 19 heavy (non-hydrogen) atoms. The summed E-state index contributed by atoms with van der Waals surface area (Å²) in [7, 11) is -3.71. The summed E-state index contributed by atoms with van der Waals surface area (Å²) < 4.78 is 29.8. The SMILES string of the molecule is Cc1ccc(S(=O)(=O)OC2CCC(O)CC2)c(C)c1. The molecule has 4 nitrogen and oxygen atoms in total. The van der Waals surface area contributed by atoms with Crippen LogP contribution in [0.15, 0.2) is 23.1 Å². The normalized spacial score (nSPS) is 24.4. The summed E-state index contributed by atoms with van der Waals surface area (Å²) in [6.45, 7) is 3.70. The monoisotopic (exact) mass is 284 g/mol. The lowest BCUT2D eigenvalue weighted by Gasteiger charge is -2.25. The van der Waals surface area contributed by atoms with Gasteiger partial charge in [-0.15, -0.1) is 0 Å². The molecule has 1 N–H and O–H groups in total. The van der Waals surface area contributed by atoms with Crippen LogP contribution < -0.4 is 0 Å². The van der Waals surface area contributed by atoms with Crippen molar-refractivity contribution in [2.24, 2.45) is 0 Å². The lowest BCUT2D eigenvalue weighted by Crippen LogP contribution is -2.27. The third-order valence-corrected chi connectivity index (χ3v) is 5.03. The van der Waals surface area contributed by atoms with Gasteiger partial charge in [0, 0.05) is 0 Å². The largest absolute Gasteiger partial charge is 0.393 e. The van der Waals surface area contributed by atoms with Gasteiger partial charge in [-0.3, -0.25) is 4.18 Å². The maximum Gasteiger partial charge on any atom is 0.297 e. The average Bonchev–Trinajstić information content (AvgIpc) is 2.31. The van der Waals surface area contributed by atoms with E-state index in [1.165, 1.54) is 0 Å². The van der Waals surface area contributed by atoms with Gasteiger partial charge in [-0.05, 0) is 51.2 Å². The first-order valence-electron chi connectivity index (χ1n) is 6.57. The molecule has 0 amide bonds. The summed E-state index contributed by atoms with van der Waals surface area (Å²) in [5, 5.41) is 9.41. The first kappa shape index (κ1) is 14.5. The minimum absolute atomic E-state index is 0.240. The summed E-state index contributed by atoms with van der Waals surface area (Å²) in [4.78, 5) is 0.240. The van der Waals surface area contributed by atoms with Gasteiger partial charge in [0.05, 0.1) is 17.1 Å². The summed E-state index contributed by atoms with van der Waals surface area (Å²) in [5.74, 6) is 0. The smallest absolute Gasteiger partial charge is 0.297 e. The van der Waals surface area contributed by atoms with Gasteiger partial charge in [0.2, 0.25) is 0 Å². The maximum absolute atomic E-state index is 12.2. The molecule has 106 valence electrons. The zero-order valence-electron chi connectivity index (χ0n) is 11.3. The van der Waals surface area contributed by atoms with E-state index in [1.54, 1.807) is 19.1 Å². The van der Waals surface area contributed by atoms with E-state index in [1.807, 2.05) is 13.0 Å². The van der Waals surface area contributed by atoms with Gasteiger partial charge in [-0.1, -0.05) is 17.7 Å². The Morgan fingerprint density at radius 1 is 1.16 bits per heavy atom. The van der Waals surface area contributed by atoms with E-state index in [-0.39, 0.29) is 17.1 Å². The van der Waals surface area contributed by atoms with Crippen molar-refractivity contribution in [3.05, 3.63) is 29.3 Å². The minimum Gasteiger partial charge on any atom is -0.393 e. The molecule has 0 heterocycles. The molecule has 1 aromatic rings. The molecule has 1 fully saturated rings. The van der Waals surface area contributed by atoms with Crippen LogP contribution in [0.5, 0.6) is 0 Å². The number of benzene rings is 1. The summed E-state index contributed by atoms with van der Waals surface area (Å²) in [6, 6.07) is 5.20. The van der Waals surface area contributed by atoms with Gasteiger partial charge in [-0.25, -0.2) is 0 Å². The minimum atomic E-state index is -3.71. The van der Waals surface area contributed by atoms with Gasteiger partial charge < -0.3 is 5.11 Å². The van der Waals surface area contributed by atoms with Crippen LogP contribution in [-0.2, 0) is 14.3 Å². The predicted molar refractivity (Wildman–Crippen MR) is 72.4 cm³/mol. The summed E-state index contributed by atoms with van der Waals surface area (Å²) in [5.41, 5.74) is 1.73. The van der Waals surface area contributed by atoms with E-state index >= 15 is 0 Å². The van der Waals surface area contributed by atoms with Crippen molar-refractivity contribution in [3.8, 4) is 0 Å². The van der Waals surface area contributed by atoms with Gasteiger partial charge in [0.15, 0.2) is 0 Å². The van der Waals surface area contributed by atoms with Crippen LogP contribution in [0, 0.1) is 13.8 Å². The number of hydrogen-bond donors (Lipinski definition) is 1. The molecule has 1 aliphatic rings. The van der Waals surface area contributed by atoms with E-state index in [0.29, 0.717) is 31.2 Å². The second-order valence-electron chi connectivity index (χ2n) is 5.25. The molecule has 1 aliphatic carbocycles. The summed E-state index contributed by atoms with van der Waals surface area (Å²) >= 11 is 0. The van der Waals surface area contributed by atoms with Gasteiger partial charge >= 0.3 is 0 Å². The number of aliphatic hydroxyl groups is 1. The zero-order valence-corrected chi connectivity index (χ0v) is 12.1. The molecule has 0 unspecified atom stereocenters. The van der Waals surface area contributed by atoms with Crippen molar-refractivity contribution >= 4 is 10.1 Å². The Labute approximate surface area is 114 Å². The molecule has 2 rings (SSSR count). The van der Waals surface area contributed by atoms with Gasteiger partial charge in [0.25, 0.3) is 10.1 Å². The third-order valence-electron chi connectivity index (χ3n) is 3.51. The highest BCUT2D eigenvalue weighted by Gasteiger charge is 2.27. The first-order chi connectivity index (χ1) is 8.88. The Kier molecular flexibility index (Phi) is 4.28. The Morgan fingerprint density at radius 2 is 1.79 bits per heavy atom. The number of rotatable bonds is 3. The highest BCUT2D eigenvalue weighted by molar-refractivity contribution is 7.86. The van der Waals surface area contributed by atoms with E-state index in [0.717, 1.165) is 5.56 Å². The lowest BCUT2D eigenvalue weighted by molar-refractivity contribution is 0.0695. The molecule has 0 aliphatic heterocycles. The summed E-state index contributed by atoms with van der Waals surface area (Å²) in [6.07, 6.45) is 1.76. The fourth-order valence-electron chi connectivity index (χ4n) is 2.45. The highest BCUT2D eigenvalue weighted by atomic mass is 32.2. The fraction of sp³-hybridized carbons (Fsp3) is 0.571. The predicted octanol–water partition coefficient (Wildman–Crippen LogP) is 2.31. The molecule has 0 spiro atoms. The first-order valence-corrected chi connectivity index (χ1v) is 7.98. The second kappa shape index (κ2) is 5.61. The van der Waals surface area contributed by atoms with Crippen molar-refractivity contribution < 1.29 is 17.7 Å². The van der Waals surface area contributed by atoms with Crippen molar-refractivity contribution in [3.63, 3.8) is 0 Å². The molecule has 5 heteroatoms. The Balaban J connectivity index is 2.14. The van der Waals surface area contributed by atoms with Crippen LogP contribution in [-0.4, -0.2) is 25.7 Å². The average molecular weight is 284 g/mol. The van der Waals surface area contributed by atoms with Crippen LogP contribution in [0.1, 0.15) is 36.8 Å². The molecular weight excluding hydrogens is 264 g/mol. The Bertz CT molecular complexity index is 543. The second-order valence-corrected chi connectivity index (χ2v) is 6.79. The zero-order chi connectivity index (χ0) is 14.0. The van der Waals surface area contributed by atoms with Crippen molar-refractivity contribution in [2.75, 3.05) is 0 Å². The molecule has 1 aromatic carbocycles. The van der Waals surface area contributed by atoms with Gasteiger partial charge in [-0.2, -0.15) is 8.42 Å². The quantitative estimate of drug-likeness (QED) is 0.865. The van der Waals surface area contributed by atoms with Crippen molar-refractivity contribution in [1.29, 1.82) is 0 Å². The van der Waals surface area contributed by atoms with Crippen LogP contribution in [0.2, 0.25) is 0 Å². The number of aliphatic hydroxyl groups excluding tert-OH is 1. The lowest BCUT2D eigenvalue weighted by atomic mass is 9.95. The van der Waals surface area contributed by atoms with Crippen LogP contribution >= 0.6 is 0 Å². The molecular formula is C14H20O4S. The molecule has 0 radical (unpaired) electrons. The van der Waals surface area contributed by atoms with Gasteiger partial charge in [0.1, 0.15) is 0 Å². The Morgan fingerprint density at radius 3 is 2.37 bits per heavy atom. The van der Waals surface area contributed by atoms with Crippen molar-refractivity contribution in [2.45, 2.75) is 56.6 Å². The van der Waals surface area contributed by atoms with Crippen LogP contribution in [0.3, 0.4) is 0 Å². The number of aryl methyl sites for hydroxylation is 2. The highest BCUT2D eigenvalue weighted by Crippen LogP contribution is 2.26. The van der Waals surface area contributed by atoms with E-state index in [2.05, 4.69) is 0 Å². The van der Waals surface area contributed by atoms with E-state index in [4.69, 9.17) is 4.18 Å². The van der Waals surface area contributed by atoms with Crippen molar-refractivity contribution in [1.82, 2.24) is 0 Å². The van der Waals surface area contributed by atoms with Crippen LogP contribution in [0.25, 0.3) is 0 Å². The molecule has 0 bridgehead atoms. The molecule has 0 saturated heterocycles. The third kappa shape index (κ3) is 3.55. The number of hydrogen-bond acceptors (Lipinski definition) is 4. The topological polar surface area (TPSA) is 63.6 Å².